The first-order valence-corrected chi connectivity index (χ1v) is 9.41. The molecule has 0 radical (unpaired) electrons. The number of carbonyl (C=O) groups excluding carboxylic acids is 2. The number of carbonyl (C=O) groups is 2. The van der Waals surface area contributed by atoms with E-state index in [1.165, 1.54) is 23.5 Å². The van der Waals surface area contributed by atoms with Gasteiger partial charge in [-0.25, -0.2) is 14.8 Å². The number of halogens is 3. The maximum atomic E-state index is 13.0. The van der Waals surface area contributed by atoms with Crippen LogP contribution in [0.3, 0.4) is 0 Å². The third-order valence-electron chi connectivity index (χ3n) is 5.26. The maximum Gasteiger partial charge on any atom is 0.408 e. The summed E-state index contributed by atoms with van der Waals surface area (Å²) in [6.45, 7) is 2.24. The lowest BCUT2D eigenvalue weighted by atomic mass is 10.1. The molecule has 0 saturated carbocycles. The fraction of sp³-hybridized carbons (Fsp3) is 0.444. The molecule has 0 spiro atoms. The SMILES string of the molecule is C[C@@H](NC(=O)C1C=CC2=C(N1)N(C(=O)Nc1ccncn1)[C@H]1CCN2C1)C(F)(F)F. The van der Waals surface area contributed by atoms with Crippen molar-refractivity contribution in [2.75, 3.05) is 18.4 Å². The van der Waals surface area contributed by atoms with Gasteiger partial charge in [0, 0.05) is 19.3 Å². The summed E-state index contributed by atoms with van der Waals surface area (Å²) in [4.78, 5) is 36.7. The summed E-state index contributed by atoms with van der Waals surface area (Å²) in [7, 11) is 0. The van der Waals surface area contributed by atoms with Crippen LogP contribution in [0.5, 0.6) is 0 Å². The summed E-state index contributed by atoms with van der Waals surface area (Å²) in [5.74, 6) is -0.124. The fourth-order valence-corrected chi connectivity index (χ4v) is 3.68. The molecule has 1 aromatic rings. The molecule has 1 aromatic heterocycles. The van der Waals surface area contributed by atoms with Gasteiger partial charge < -0.3 is 15.5 Å². The Kier molecular flexibility index (Phi) is 5.00. The van der Waals surface area contributed by atoms with Gasteiger partial charge in [-0.1, -0.05) is 6.08 Å². The molecule has 3 aliphatic rings. The van der Waals surface area contributed by atoms with Crippen LogP contribution >= 0.6 is 0 Å². The minimum Gasteiger partial charge on any atom is -0.366 e. The van der Waals surface area contributed by atoms with Gasteiger partial charge in [0.15, 0.2) is 0 Å². The van der Waals surface area contributed by atoms with Gasteiger partial charge in [0.2, 0.25) is 5.91 Å². The molecule has 3 N–H and O–H groups in total. The second kappa shape index (κ2) is 7.50. The molecule has 1 saturated heterocycles. The highest BCUT2D eigenvalue weighted by Crippen LogP contribution is 2.33. The van der Waals surface area contributed by atoms with Crippen LogP contribution in [0.25, 0.3) is 0 Å². The van der Waals surface area contributed by atoms with Gasteiger partial charge in [-0.3, -0.25) is 15.0 Å². The number of fused-ring (bicyclic) bond motifs is 3. The van der Waals surface area contributed by atoms with Crippen LogP contribution in [0, 0.1) is 0 Å². The predicted octanol–water partition coefficient (Wildman–Crippen LogP) is 1.16. The Balaban J connectivity index is 1.54. The topological polar surface area (TPSA) is 102 Å². The van der Waals surface area contributed by atoms with Crippen LogP contribution in [-0.4, -0.2) is 69.1 Å². The summed E-state index contributed by atoms with van der Waals surface area (Å²) < 4.78 is 38.4. The number of alkyl halides is 3. The maximum absolute atomic E-state index is 13.0. The minimum atomic E-state index is -4.54. The van der Waals surface area contributed by atoms with E-state index in [1.54, 1.807) is 12.1 Å². The summed E-state index contributed by atoms with van der Waals surface area (Å²) >= 11 is 0. The lowest BCUT2D eigenvalue weighted by molar-refractivity contribution is -0.158. The van der Waals surface area contributed by atoms with E-state index in [4.69, 9.17) is 0 Å². The number of nitrogens with zero attached hydrogens (tertiary/aromatic N) is 4. The van der Waals surface area contributed by atoms with Crippen LogP contribution < -0.4 is 16.0 Å². The van der Waals surface area contributed by atoms with Gasteiger partial charge in [-0.05, 0) is 25.5 Å². The van der Waals surface area contributed by atoms with Crippen LogP contribution in [0.2, 0.25) is 0 Å². The van der Waals surface area contributed by atoms with E-state index in [1.807, 2.05) is 5.32 Å². The summed E-state index contributed by atoms with van der Waals surface area (Å²) in [6, 6.07) is -2.07. The van der Waals surface area contributed by atoms with Gasteiger partial charge >= 0.3 is 12.2 Å². The zero-order valence-electron chi connectivity index (χ0n) is 16.0. The van der Waals surface area contributed by atoms with Crippen molar-refractivity contribution in [3.63, 3.8) is 0 Å². The number of rotatable bonds is 3. The first-order chi connectivity index (χ1) is 14.2. The van der Waals surface area contributed by atoms with Crippen LogP contribution in [0.4, 0.5) is 23.8 Å². The van der Waals surface area contributed by atoms with E-state index >= 15 is 0 Å². The molecule has 160 valence electrons. The number of amides is 3. The average molecular weight is 423 g/mol. The Morgan fingerprint density at radius 3 is 2.87 bits per heavy atom. The Hall–Kier alpha value is -3.31. The zero-order chi connectivity index (χ0) is 21.5. The molecule has 30 heavy (non-hydrogen) atoms. The number of anilines is 1. The number of aromatic nitrogens is 2. The van der Waals surface area contributed by atoms with E-state index in [0.717, 1.165) is 25.6 Å². The summed E-state index contributed by atoms with van der Waals surface area (Å²) in [5.41, 5.74) is 0.717. The van der Waals surface area contributed by atoms with Gasteiger partial charge in [0.1, 0.15) is 30.0 Å². The van der Waals surface area contributed by atoms with Gasteiger partial charge in [-0.15, -0.1) is 0 Å². The number of allylic oxidation sites excluding steroid dienone is 1. The fourth-order valence-electron chi connectivity index (χ4n) is 3.68. The largest absolute Gasteiger partial charge is 0.408 e. The minimum absolute atomic E-state index is 0.137. The van der Waals surface area contributed by atoms with Gasteiger partial charge in [0.05, 0.1) is 11.7 Å². The highest BCUT2D eigenvalue weighted by molar-refractivity contribution is 5.91. The summed E-state index contributed by atoms with van der Waals surface area (Å²) in [6.07, 6.45) is 2.14. The molecule has 3 aliphatic heterocycles. The number of dihydropyridines is 1. The molecule has 0 aromatic carbocycles. The normalized spacial score (nSPS) is 23.6. The van der Waals surface area contributed by atoms with E-state index < -0.39 is 30.2 Å². The second-order valence-corrected chi connectivity index (χ2v) is 7.27. The average Bonchev–Trinajstić information content (AvgIpc) is 3.12. The van der Waals surface area contributed by atoms with Crippen molar-refractivity contribution >= 4 is 17.8 Å². The van der Waals surface area contributed by atoms with Crippen LogP contribution in [0.15, 0.2) is 42.3 Å². The molecule has 4 heterocycles. The van der Waals surface area contributed by atoms with Crippen LogP contribution in [-0.2, 0) is 4.79 Å². The molecule has 1 unspecified atom stereocenters. The van der Waals surface area contributed by atoms with Crippen molar-refractivity contribution in [1.29, 1.82) is 0 Å². The highest BCUT2D eigenvalue weighted by Gasteiger charge is 2.43. The Labute approximate surface area is 170 Å². The number of urea groups is 1. The third kappa shape index (κ3) is 3.76. The molecular weight excluding hydrogens is 403 g/mol. The predicted molar refractivity (Wildman–Crippen MR) is 99.6 cm³/mol. The van der Waals surface area contributed by atoms with Crippen molar-refractivity contribution in [1.82, 2.24) is 30.4 Å². The first kappa shape index (κ1) is 20.0. The molecule has 1 fully saturated rings. The van der Waals surface area contributed by atoms with Gasteiger partial charge in [-0.2, -0.15) is 13.2 Å². The molecule has 12 heteroatoms. The van der Waals surface area contributed by atoms with Crippen molar-refractivity contribution < 1.29 is 22.8 Å². The van der Waals surface area contributed by atoms with Crippen molar-refractivity contribution in [3.8, 4) is 0 Å². The van der Waals surface area contributed by atoms with Crippen molar-refractivity contribution in [2.24, 2.45) is 0 Å². The molecule has 0 aliphatic carbocycles. The monoisotopic (exact) mass is 423 g/mol. The van der Waals surface area contributed by atoms with E-state index in [-0.39, 0.29) is 6.04 Å². The number of hydrogen-bond acceptors (Lipinski definition) is 6. The molecule has 9 nitrogen and oxygen atoms in total. The highest BCUT2D eigenvalue weighted by atomic mass is 19.4. The third-order valence-corrected chi connectivity index (χ3v) is 5.26. The van der Waals surface area contributed by atoms with E-state index in [2.05, 4.69) is 25.5 Å². The molecule has 3 amide bonds. The summed E-state index contributed by atoms with van der Waals surface area (Å²) in [5, 5.41) is 7.58. The molecule has 2 bridgehead atoms. The lowest BCUT2D eigenvalue weighted by Gasteiger charge is -2.41. The van der Waals surface area contributed by atoms with Crippen LogP contribution in [0.1, 0.15) is 13.3 Å². The number of nitrogens with one attached hydrogen (secondary N) is 3. The van der Waals surface area contributed by atoms with Crippen molar-refractivity contribution in [3.05, 3.63) is 42.3 Å². The smallest absolute Gasteiger partial charge is 0.366 e. The van der Waals surface area contributed by atoms with E-state index in [0.29, 0.717) is 18.2 Å². The number of hydrogen-bond donors (Lipinski definition) is 3. The second-order valence-electron chi connectivity index (χ2n) is 7.27. The van der Waals surface area contributed by atoms with E-state index in [9.17, 15) is 22.8 Å². The zero-order valence-corrected chi connectivity index (χ0v) is 16.0. The molecular formula is C18H20F3N7O2. The quantitative estimate of drug-likeness (QED) is 0.675. The molecule has 4 rings (SSSR count). The first-order valence-electron chi connectivity index (χ1n) is 9.41. The Morgan fingerprint density at radius 1 is 1.37 bits per heavy atom. The lowest BCUT2D eigenvalue weighted by Crippen LogP contribution is -2.57. The van der Waals surface area contributed by atoms with Gasteiger partial charge in [0.25, 0.3) is 0 Å². The van der Waals surface area contributed by atoms with Crippen molar-refractivity contribution in [2.45, 2.75) is 37.6 Å². The Bertz CT molecular complexity index is 903. The molecule has 3 atom stereocenters. The standard InChI is InChI=1S/C18H20F3N7O2/c1-10(18(19,20)21)24-16(29)12-2-3-13-15(25-12)28(11-5-7-27(13)8-11)17(30)26-14-4-6-22-9-23-14/h2-4,6,9-12,25H,5,7-8H2,1H3,(H,24,29)(H,22,23,26,30)/t10-,11+,12?/m1/s1. The Morgan fingerprint density at radius 2 is 2.17 bits per heavy atom.